The van der Waals surface area contributed by atoms with Gasteiger partial charge in [0.1, 0.15) is 6.10 Å². The summed E-state index contributed by atoms with van der Waals surface area (Å²) in [5.74, 6) is 0. The molecule has 1 aromatic carbocycles. The zero-order chi connectivity index (χ0) is 11.6. The molecule has 1 N–H and O–H groups in total. The number of halogens is 1. The van der Waals surface area contributed by atoms with Crippen LogP contribution in [0.3, 0.4) is 0 Å². The van der Waals surface area contributed by atoms with Crippen molar-refractivity contribution in [3.63, 3.8) is 0 Å². The summed E-state index contributed by atoms with van der Waals surface area (Å²) in [6.07, 6.45) is -0.189. The van der Waals surface area contributed by atoms with Gasteiger partial charge >= 0.3 is 0 Å². The lowest BCUT2D eigenvalue weighted by Crippen LogP contribution is -2.21. The molecule has 0 saturated heterocycles. The van der Waals surface area contributed by atoms with Gasteiger partial charge in [-0.15, -0.1) is 11.6 Å². The number of alkyl halides is 1. The van der Waals surface area contributed by atoms with E-state index >= 15 is 0 Å². The highest BCUT2D eigenvalue weighted by Crippen LogP contribution is 2.25. The van der Waals surface area contributed by atoms with Gasteiger partial charge in [0.05, 0.1) is 0 Å². The van der Waals surface area contributed by atoms with Crippen LogP contribution in [0, 0.1) is 6.92 Å². The second-order valence-electron chi connectivity index (χ2n) is 3.54. The van der Waals surface area contributed by atoms with Crippen LogP contribution in [0.25, 0.3) is 0 Å². The number of aryl methyl sites for hydroxylation is 1. The van der Waals surface area contributed by atoms with E-state index in [1.165, 1.54) is 0 Å². The molecule has 0 aliphatic heterocycles. The Morgan fingerprint density at radius 3 is 2.47 bits per heavy atom. The fraction of sp³-hybridized carbons (Fsp3) is 0.400. The molecule has 0 aliphatic rings. The molecule has 15 heavy (non-hydrogen) atoms. The smallest absolute Gasteiger partial charge is 0.167 e. The van der Waals surface area contributed by atoms with Gasteiger partial charge in [-0.3, -0.25) is 0 Å². The Morgan fingerprint density at radius 2 is 2.00 bits per heavy atom. The van der Waals surface area contributed by atoms with Crippen LogP contribution in [0.5, 0.6) is 0 Å². The molecule has 0 fully saturated rings. The van der Waals surface area contributed by atoms with E-state index in [0.717, 1.165) is 11.8 Å². The molecule has 0 amide bonds. The molecule has 0 unspecified atom stereocenters. The largest absolute Gasteiger partial charge is 0.386 e. The van der Waals surface area contributed by atoms with Crippen molar-refractivity contribution < 1.29 is 13.5 Å². The van der Waals surface area contributed by atoms with E-state index in [0.29, 0.717) is 5.56 Å². The van der Waals surface area contributed by atoms with Crippen LogP contribution in [-0.2, 0) is 9.84 Å². The molecule has 5 heteroatoms. The van der Waals surface area contributed by atoms with Crippen molar-refractivity contribution in [1.82, 2.24) is 0 Å². The van der Waals surface area contributed by atoms with Crippen molar-refractivity contribution in [3.8, 4) is 0 Å². The fourth-order valence-electron chi connectivity index (χ4n) is 1.24. The number of aliphatic hydroxyl groups excluding tert-OH is 1. The lowest BCUT2D eigenvalue weighted by atomic mass is 10.1. The lowest BCUT2D eigenvalue weighted by Gasteiger charge is -2.15. The Balaban J connectivity index is 3.00. The zero-order valence-electron chi connectivity index (χ0n) is 8.51. The van der Waals surface area contributed by atoms with Gasteiger partial charge in [-0.25, -0.2) is 8.42 Å². The molecular weight excluding hydrogens is 236 g/mol. The molecule has 0 spiro atoms. The second-order valence-corrected chi connectivity index (χ2v) is 6.44. The Kier molecular flexibility index (Phi) is 3.76. The van der Waals surface area contributed by atoms with Gasteiger partial charge in [-0.1, -0.05) is 29.8 Å². The average molecular weight is 249 g/mol. The van der Waals surface area contributed by atoms with Crippen molar-refractivity contribution in [1.29, 1.82) is 0 Å². The van der Waals surface area contributed by atoms with Crippen molar-refractivity contribution in [2.24, 2.45) is 0 Å². The minimum atomic E-state index is -3.45. The topological polar surface area (TPSA) is 54.4 Å². The van der Waals surface area contributed by atoms with E-state index in [1.54, 1.807) is 18.2 Å². The maximum absolute atomic E-state index is 11.1. The molecule has 0 aromatic heterocycles. The predicted octanol–water partition coefficient (Wildman–Crippen LogP) is 1.64. The van der Waals surface area contributed by atoms with Crippen molar-refractivity contribution in [2.75, 3.05) is 6.26 Å². The van der Waals surface area contributed by atoms with Gasteiger partial charge in [0, 0.05) is 6.26 Å². The van der Waals surface area contributed by atoms with Crippen LogP contribution in [0.1, 0.15) is 17.2 Å². The highest BCUT2D eigenvalue weighted by Gasteiger charge is 2.27. The number of hydrogen-bond acceptors (Lipinski definition) is 3. The Labute approximate surface area is 94.6 Å². The van der Waals surface area contributed by atoms with Crippen molar-refractivity contribution in [3.05, 3.63) is 35.4 Å². The Morgan fingerprint density at radius 1 is 1.40 bits per heavy atom. The molecule has 1 aromatic rings. The maximum Gasteiger partial charge on any atom is 0.167 e. The Hall–Kier alpha value is -0.580. The van der Waals surface area contributed by atoms with Gasteiger partial charge in [-0.05, 0) is 12.5 Å². The van der Waals surface area contributed by atoms with Crippen LogP contribution >= 0.6 is 11.6 Å². The number of benzene rings is 1. The van der Waals surface area contributed by atoms with Crippen molar-refractivity contribution >= 4 is 21.4 Å². The first-order valence-electron chi connectivity index (χ1n) is 4.40. The number of aliphatic hydroxyl groups is 1. The summed E-state index contributed by atoms with van der Waals surface area (Å²) in [5, 5.41) is 9.74. The van der Waals surface area contributed by atoms with E-state index < -0.39 is 20.7 Å². The van der Waals surface area contributed by atoms with E-state index in [1.807, 2.05) is 13.0 Å². The average Bonchev–Trinajstić information content (AvgIpc) is 2.14. The zero-order valence-corrected chi connectivity index (χ0v) is 10.1. The first-order valence-corrected chi connectivity index (χ1v) is 6.79. The van der Waals surface area contributed by atoms with Crippen LogP contribution < -0.4 is 0 Å². The van der Waals surface area contributed by atoms with Crippen LogP contribution in [0.4, 0.5) is 0 Å². The molecule has 0 bridgehead atoms. The predicted molar refractivity (Wildman–Crippen MR) is 60.6 cm³/mol. The summed E-state index contributed by atoms with van der Waals surface area (Å²) in [6.45, 7) is 1.86. The first-order chi connectivity index (χ1) is 6.82. The Bertz CT molecular complexity index is 442. The summed E-state index contributed by atoms with van der Waals surface area (Å²) in [4.78, 5) is 0. The molecule has 1 rings (SSSR count). The van der Waals surface area contributed by atoms with Crippen LogP contribution in [-0.4, -0.2) is 24.5 Å². The van der Waals surface area contributed by atoms with Gasteiger partial charge in [-0.2, -0.15) is 0 Å². The standard InChI is InChI=1S/C10H13ClO3S/c1-7-4-3-5-8(6-7)9(12)10(11)15(2,13)14/h3-6,9-10,12H,1-2H3/t9-,10+/m0/s1. The highest BCUT2D eigenvalue weighted by atomic mass is 35.5. The molecule has 0 saturated carbocycles. The van der Waals surface area contributed by atoms with Gasteiger partial charge in [0.15, 0.2) is 14.5 Å². The summed E-state index contributed by atoms with van der Waals surface area (Å²) in [6, 6.07) is 6.98. The summed E-state index contributed by atoms with van der Waals surface area (Å²) in [7, 11) is -3.45. The lowest BCUT2D eigenvalue weighted by molar-refractivity contribution is 0.192. The number of hydrogen-bond donors (Lipinski definition) is 1. The molecule has 2 atom stereocenters. The summed E-state index contributed by atoms with van der Waals surface area (Å²) in [5.41, 5.74) is 1.46. The van der Waals surface area contributed by atoms with E-state index in [2.05, 4.69) is 0 Å². The highest BCUT2D eigenvalue weighted by molar-refractivity contribution is 7.92. The number of rotatable bonds is 3. The van der Waals surface area contributed by atoms with E-state index in [-0.39, 0.29) is 0 Å². The van der Waals surface area contributed by atoms with E-state index in [9.17, 15) is 13.5 Å². The summed E-state index contributed by atoms with van der Waals surface area (Å²) >= 11 is 5.66. The molecule has 84 valence electrons. The molecule has 3 nitrogen and oxygen atoms in total. The monoisotopic (exact) mass is 248 g/mol. The van der Waals surface area contributed by atoms with Crippen LogP contribution in [0.15, 0.2) is 24.3 Å². The number of sulfone groups is 1. The molecule has 0 radical (unpaired) electrons. The third kappa shape index (κ3) is 3.19. The molecule has 0 aliphatic carbocycles. The van der Waals surface area contributed by atoms with E-state index in [4.69, 9.17) is 11.6 Å². The molecule has 0 heterocycles. The summed E-state index contributed by atoms with van der Waals surface area (Å²) < 4.78 is 21.0. The maximum atomic E-state index is 11.1. The molecular formula is C10H13ClO3S. The van der Waals surface area contributed by atoms with Gasteiger partial charge in [0.2, 0.25) is 0 Å². The third-order valence-electron chi connectivity index (χ3n) is 2.04. The third-order valence-corrected chi connectivity index (χ3v) is 4.33. The fourth-order valence-corrected chi connectivity index (χ4v) is 2.01. The second kappa shape index (κ2) is 4.51. The minimum Gasteiger partial charge on any atom is -0.386 e. The van der Waals surface area contributed by atoms with Crippen LogP contribution in [0.2, 0.25) is 0 Å². The normalized spacial score (nSPS) is 16.0. The minimum absolute atomic E-state index is 0.514. The van der Waals surface area contributed by atoms with Crippen molar-refractivity contribution in [2.45, 2.75) is 17.7 Å². The SMILES string of the molecule is Cc1cccc([C@H](O)[C@H](Cl)S(C)(=O)=O)c1. The van der Waals surface area contributed by atoms with Gasteiger partial charge < -0.3 is 5.11 Å². The van der Waals surface area contributed by atoms with Gasteiger partial charge in [0.25, 0.3) is 0 Å². The first kappa shape index (κ1) is 12.5. The quantitative estimate of drug-likeness (QED) is 0.828.